The molecule has 0 saturated heterocycles. The minimum Gasteiger partial charge on any atom is -0.495 e. The third kappa shape index (κ3) is 7.44. The molecule has 0 spiro atoms. The minimum atomic E-state index is -3.93. The number of amides is 1. The number of methoxy groups -OCH3 is 1. The lowest BCUT2D eigenvalue weighted by Crippen LogP contribution is -2.41. The smallest absolute Gasteiger partial charge is 0.271 e. The molecule has 0 radical (unpaired) electrons. The molecule has 0 bridgehead atoms. The Kier molecular flexibility index (Phi) is 9.44. The fraction of sp³-hybridized carbons (Fsp3) is 0.316. The number of sulfonamides is 1. The first-order valence-electron chi connectivity index (χ1n) is 9.11. The summed E-state index contributed by atoms with van der Waals surface area (Å²) >= 11 is 13.4. The Morgan fingerprint density at radius 3 is 2.53 bits per heavy atom. The Balaban J connectivity index is 1.98. The molecular weight excluding hydrogens is 501 g/mol. The Labute approximate surface area is 200 Å². The number of carbonyl (C=O) groups is 1. The van der Waals surface area contributed by atoms with E-state index >= 15 is 0 Å². The highest BCUT2D eigenvalue weighted by Gasteiger charge is 2.26. The molecule has 0 atom stereocenters. The normalized spacial score (nSPS) is 11.1. The van der Waals surface area contributed by atoms with Crippen LogP contribution in [0.5, 0.6) is 5.75 Å². The molecule has 1 amide bonds. The number of carbonyl (C=O) groups excluding carboxylic acids is 1. The molecule has 0 heterocycles. The molecular formula is C19H21Cl2N3O6S2. The zero-order chi connectivity index (χ0) is 23.9. The van der Waals surface area contributed by atoms with Crippen LogP contribution in [0, 0.1) is 10.1 Å². The fourth-order valence-corrected chi connectivity index (χ4v) is 4.61. The minimum absolute atomic E-state index is 0.0889. The van der Waals surface area contributed by atoms with Crippen molar-refractivity contribution in [1.29, 1.82) is 0 Å². The van der Waals surface area contributed by atoms with E-state index in [0.29, 0.717) is 28.1 Å². The summed E-state index contributed by atoms with van der Waals surface area (Å²) in [5.41, 5.74) is 0.568. The summed E-state index contributed by atoms with van der Waals surface area (Å²) in [5, 5.41) is 14.7. The fourth-order valence-electron chi connectivity index (χ4n) is 2.64. The lowest BCUT2D eigenvalue weighted by Gasteiger charge is -2.23. The number of ether oxygens (including phenoxy) is 1. The van der Waals surface area contributed by atoms with Gasteiger partial charge in [0.1, 0.15) is 18.0 Å². The van der Waals surface area contributed by atoms with Crippen molar-refractivity contribution < 1.29 is 22.9 Å². The molecule has 1 N–H and O–H groups in total. The highest BCUT2D eigenvalue weighted by molar-refractivity contribution is 7.98. The molecule has 0 aromatic heterocycles. The van der Waals surface area contributed by atoms with E-state index in [9.17, 15) is 23.3 Å². The number of hydrogen-bond acceptors (Lipinski definition) is 7. The molecule has 13 heteroatoms. The quantitative estimate of drug-likeness (QED) is 0.271. The Morgan fingerprint density at radius 1 is 1.22 bits per heavy atom. The van der Waals surface area contributed by atoms with Crippen LogP contribution >= 0.6 is 35.0 Å². The van der Waals surface area contributed by atoms with E-state index < -0.39 is 27.4 Å². The zero-order valence-corrected chi connectivity index (χ0v) is 20.4. The van der Waals surface area contributed by atoms with Crippen molar-refractivity contribution in [2.24, 2.45) is 0 Å². The number of anilines is 1. The first-order chi connectivity index (χ1) is 15.0. The van der Waals surface area contributed by atoms with Gasteiger partial charge < -0.3 is 10.1 Å². The van der Waals surface area contributed by atoms with Crippen molar-refractivity contribution in [3.05, 3.63) is 62.1 Å². The van der Waals surface area contributed by atoms with E-state index in [1.165, 1.54) is 19.2 Å². The number of nitro groups is 1. The molecule has 0 unspecified atom stereocenters. The molecule has 0 saturated carbocycles. The van der Waals surface area contributed by atoms with E-state index in [1.807, 2.05) is 6.07 Å². The summed E-state index contributed by atoms with van der Waals surface area (Å²) in [5.74, 6) is 0.767. The van der Waals surface area contributed by atoms with Crippen LogP contribution in [0.15, 0.2) is 36.4 Å². The monoisotopic (exact) mass is 521 g/mol. The molecule has 0 aliphatic rings. The number of rotatable bonds is 11. The van der Waals surface area contributed by atoms with Crippen molar-refractivity contribution in [2.75, 3.05) is 36.5 Å². The second-order valence-electron chi connectivity index (χ2n) is 6.53. The summed E-state index contributed by atoms with van der Waals surface area (Å²) in [6.45, 7) is -0.248. The van der Waals surface area contributed by atoms with E-state index in [2.05, 4.69) is 5.32 Å². The average molecular weight is 522 g/mol. The van der Waals surface area contributed by atoms with Crippen LogP contribution < -0.4 is 14.4 Å². The molecule has 9 nitrogen and oxygen atoms in total. The van der Waals surface area contributed by atoms with Gasteiger partial charge in [-0.2, -0.15) is 11.8 Å². The number of nitro benzene ring substituents is 1. The molecule has 174 valence electrons. The van der Waals surface area contributed by atoms with Gasteiger partial charge in [-0.3, -0.25) is 19.2 Å². The van der Waals surface area contributed by atoms with Crippen LogP contribution in [0.25, 0.3) is 0 Å². The van der Waals surface area contributed by atoms with Gasteiger partial charge >= 0.3 is 0 Å². The molecule has 0 fully saturated rings. The van der Waals surface area contributed by atoms with E-state index in [1.54, 1.807) is 23.9 Å². The lowest BCUT2D eigenvalue weighted by molar-refractivity contribution is -0.384. The Bertz CT molecular complexity index is 1100. The van der Waals surface area contributed by atoms with Gasteiger partial charge in [-0.25, -0.2) is 8.42 Å². The second kappa shape index (κ2) is 11.6. The van der Waals surface area contributed by atoms with Gasteiger partial charge in [-0.1, -0.05) is 29.3 Å². The molecule has 0 aliphatic carbocycles. The number of nitrogens with one attached hydrogen (secondary N) is 1. The third-order valence-corrected chi connectivity index (χ3v) is 7.05. The first kappa shape index (κ1) is 26.0. The van der Waals surface area contributed by atoms with Crippen LogP contribution in [0.1, 0.15) is 5.56 Å². The maximum Gasteiger partial charge on any atom is 0.271 e. The average Bonchev–Trinajstić information content (AvgIpc) is 2.73. The van der Waals surface area contributed by atoms with Crippen LogP contribution in [-0.2, 0) is 20.6 Å². The lowest BCUT2D eigenvalue weighted by atomic mass is 10.2. The zero-order valence-electron chi connectivity index (χ0n) is 17.2. The highest BCUT2D eigenvalue weighted by Crippen LogP contribution is 2.33. The number of benzene rings is 2. The summed E-state index contributed by atoms with van der Waals surface area (Å²) in [6, 6.07) is 8.86. The number of non-ortho nitro benzene ring substituents is 1. The van der Waals surface area contributed by atoms with Crippen molar-refractivity contribution in [3.8, 4) is 5.75 Å². The van der Waals surface area contributed by atoms with Gasteiger partial charge in [-0.05, 0) is 23.8 Å². The van der Waals surface area contributed by atoms with Gasteiger partial charge in [0.05, 0.1) is 28.3 Å². The number of halogens is 2. The molecule has 2 aromatic rings. The van der Waals surface area contributed by atoms with Gasteiger partial charge in [0, 0.05) is 30.2 Å². The van der Waals surface area contributed by atoms with Crippen molar-refractivity contribution in [3.63, 3.8) is 0 Å². The van der Waals surface area contributed by atoms with Crippen LogP contribution in [0.4, 0.5) is 11.4 Å². The van der Waals surface area contributed by atoms with Gasteiger partial charge in [0.15, 0.2) is 0 Å². The predicted molar refractivity (Wildman–Crippen MR) is 127 cm³/mol. The van der Waals surface area contributed by atoms with Crippen molar-refractivity contribution >= 4 is 62.3 Å². The first-order valence-corrected chi connectivity index (χ1v) is 12.9. The number of thioether (sulfide) groups is 1. The van der Waals surface area contributed by atoms with Crippen molar-refractivity contribution in [2.45, 2.75) is 5.75 Å². The topological polar surface area (TPSA) is 119 Å². The standard InChI is InChI=1S/C19H21Cl2N3O6S2/c1-30-18-6-4-14(24(26)27)10-17(18)23(32(2,28)29)11-19(25)22-7-8-31-12-13-3-5-15(20)16(21)9-13/h3-6,9-10H,7-8,11-12H2,1-2H3,(H,22,25). The van der Waals surface area contributed by atoms with Gasteiger partial charge in [0.2, 0.25) is 15.9 Å². The maximum absolute atomic E-state index is 12.4. The second-order valence-corrected chi connectivity index (χ2v) is 10.4. The number of hydrogen-bond donors (Lipinski definition) is 1. The van der Waals surface area contributed by atoms with Crippen molar-refractivity contribution in [1.82, 2.24) is 5.32 Å². The van der Waals surface area contributed by atoms with Crippen LogP contribution in [-0.4, -0.2) is 51.5 Å². The predicted octanol–water partition coefficient (Wildman–Crippen LogP) is 3.73. The summed E-state index contributed by atoms with van der Waals surface area (Å²) < 4.78 is 30.5. The molecule has 32 heavy (non-hydrogen) atoms. The van der Waals surface area contributed by atoms with Gasteiger partial charge in [0.25, 0.3) is 5.69 Å². The van der Waals surface area contributed by atoms with Crippen LogP contribution in [0.2, 0.25) is 10.0 Å². The molecule has 0 aliphatic heterocycles. The highest BCUT2D eigenvalue weighted by atomic mass is 35.5. The Hall–Kier alpha value is -2.21. The summed E-state index contributed by atoms with van der Waals surface area (Å²) in [7, 11) is -2.62. The maximum atomic E-state index is 12.4. The summed E-state index contributed by atoms with van der Waals surface area (Å²) in [6.07, 6.45) is 0.908. The largest absolute Gasteiger partial charge is 0.495 e. The van der Waals surface area contributed by atoms with E-state index in [-0.39, 0.29) is 17.1 Å². The Morgan fingerprint density at radius 2 is 1.94 bits per heavy atom. The summed E-state index contributed by atoms with van der Waals surface area (Å²) in [4.78, 5) is 22.8. The molecule has 2 aromatic carbocycles. The SMILES string of the molecule is COc1ccc([N+](=O)[O-])cc1N(CC(=O)NCCSCc1ccc(Cl)c(Cl)c1)S(C)(=O)=O. The van der Waals surface area contributed by atoms with Gasteiger partial charge in [-0.15, -0.1) is 0 Å². The van der Waals surface area contributed by atoms with E-state index in [0.717, 1.165) is 22.2 Å². The van der Waals surface area contributed by atoms with Crippen LogP contribution in [0.3, 0.4) is 0 Å². The third-order valence-electron chi connectivity index (χ3n) is 4.15. The van der Waals surface area contributed by atoms with E-state index in [4.69, 9.17) is 27.9 Å². The number of nitrogens with zero attached hydrogens (tertiary/aromatic N) is 2. The molecule has 2 rings (SSSR count).